The number of hydrogen-bond donors (Lipinski definition) is 0. The molecule has 0 aliphatic carbocycles. The highest BCUT2D eigenvalue weighted by atomic mass is 16.5. The van der Waals surface area contributed by atoms with Gasteiger partial charge in [-0.2, -0.15) is 0 Å². The van der Waals surface area contributed by atoms with Crippen LogP contribution in [0.1, 0.15) is 17.2 Å². The number of hydrogen-bond acceptors (Lipinski definition) is 3. The van der Waals surface area contributed by atoms with Gasteiger partial charge in [0.15, 0.2) is 0 Å². The minimum atomic E-state index is 0.527. The zero-order chi connectivity index (χ0) is 11.8. The minimum absolute atomic E-state index is 0.527. The van der Waals surface area contributed by atoms with Crippen LogP contribution in [0.5, 0.6) is 5.75 Å². The van der Waals surface area contributed by atoms with Gasteiger partial charge in [0.2, 0.25) is 0 Å². The van der Waals surface area contributed by atoms with E-state index in [4.69, 9.17) is 4.74 Å². The number of fused-ring (bicyclic) bond motifs is 1. The number of likely N-dealkylation sites (N-methyl/N-ethyl adjacent to an activating group) is 2. The first-order valence-corrected chi connectivity index (χ1v) is 6.38. The Morgan fingerprint density at radius 2 is 2.12 bits per heavy atom. The van der Waals surface area contributed by atoms with Gasteiger partial charge in [-0.25, -0.2) is 0 Å². The molecule has 0 aromatic heterocycles. The van der Waals surface area contributed by atoms with Crippen LogP contribution in [0.25, 0.3) is 0 Å². The quantitative estimate of drug-likeness (QED) is 0.730. The summed E-state index contributed by atoms with van der Waals surface area (Å²) in [5, 5.41) is 0. The number of piperazine rings is 1. The van der Waals surface area contributed by atoms with Gasteiger partial charge in [-0.1, -0.05) is 12.1 Å². The van der Waals surface area contributed by atoms with E-state index in [1.807, 2.05) is 0 Å². The zero-order valence-corrected chi connectivity index (χ0v) is 10.6. The van der Waals surface area contributed by atoms with Crippen molar-refractivity contribution in [1.82, 2.24) is 9.80 Å². The first kappa shape index (κ1) is 11.1. The van der Waals surface area contributed by atoms with Crippen LogP contribution in [0, 0.1) is 0 Å². The van der Waals surface area contributed by atoms with Crippen molar-refractivity contribution in [3.8, 4) is 5.75 Å². The molecule has 92 valence electrons. The molecule has 0 amide bonds. The molecule has 3 heteroatoms. The predicted molar refractivity (Wildman–Crippen MR) is 68.5 cm³/mol. The molecule has 1 saturated heterocycles. The van der Waals surface area contributed by atoms with Gasteiger partial charge in [-0.15, -0.1) is 0 Å². The van der Waals surface area contributed by atoms with Gasteiger partial charge in [0.1, 0.15) is 5.75 Å². The molecule has 1 atom stereocenters. The van der Waals surface area contributed by atoms with Crippen LogP contribution in [-0.4, -0.2) is 50.1 Å². The second kappa shape index (κ2) is 4.31. The average Bonchev–Trinajstić information content (AvgIpc) is 2.79. The minimum Gasteiger partial charge on any atom is -0.493 e. The Kier molecular flexibility index (Phi) is 2.81. The summed E-state index contributed by atoms with van der Waals surface area (Å²) in [4.78, 5) is 4.87. The van der Waals surface area contributed by atoms with Gasteiger partial charge in [0.05, 0.1) is 6.61 Å². The zero-order valence-electron chi connectivity index (χ0n) is 10.6. The Bertz CT molecular complexity index is 419. The van der Waals surface area contributed by atoms with E-state index in [0.717, 1.165) is 31.9 Å². The third kappa shape index (κ3) is 2.05. The molecular weight excluding hydrogens is 212 g/mol. The summed E-state index contributed by atoms with van der Waals surface area (Å²) in [6.07, 6.45) is 1.06. The van der Waals surface area contributed by atoms with Crippen LogP contribution in [0.4, 0.5) is 0 Å². The van der Waals surface area contributed by atoms with Crippen molar-refractivity contribution < 1.29 is 4.74 Å². The Hall–Kier alpha value is -1.06. The molecule has 3 rings (SSSR count). The maximum atomic E-state index is 5.56. The van der Waals surface area contributed by atoms with Crippen molar-refractivity contribution in [2.75, 3.05) is 40.3 Å². The molecule has 1 aromatic carbocycles. The van der Waals surface area contributed by atoms with E-state index >= 15 is 0 Å². The molecule has 0 saturated carbocycles. The molecule has 0 N–H and O–H groups in total. The molecule has 0 bridgehead atoms. The number of nitrogens with zero attached hydrogens (tertiary/aromatic N) is 2. The lowest BCUT2D eigenvalue weighted by Crippen LogP contribution is -2.44. The van der Waals surface area contributed by atoms with Gasteiger partial charge >= 0.3 is 0 Å². The largest absolute Gasteiger partial charge is 0.493 e. The normalized spacial score (nSPS) is 25.6. The Morgan fingerprint density at radius 3 is 3.00 bits per heavy atom. The third-order valence-electron chi connectivity index (χ3n) is 3.95. The topological polar surface area (TPSA) is 15.7 Å². The smallest absolute Gasteiger partial charge is 0.122 e. The Balaban J connectivity index is 1.87. The Labute approximate surface area is 103 Å². The highest BCUT2D eigenvalue weighted by Crippen LogP contribution is 2.31. The van der Waals surface area contributed by atoms with E-state index in [-0.39, 0.29) is 0 Å². The van der Waals surface area contributed by atoms with Crippen LogP contribution in [0.15, 0.2) is 18.2 Å². The van der Waals surface area contributed by atoms with Gasteiger partial charge < -0.3 is 9.64 Å². The van der Waals surface area contributed by atoms with Gasteiger partial charge in [-0.05, 0) is 31.3 Å². The van der Waals surface area contributed by atoms with Gasteiger partial charge in [-0.3, -0.25) is 4.90 Å². The van der Waals surface area contributed by atoms with Crippen molar-refractivity contribution >= 4 is 0 Å². The van der Waals surface area contributed by atoms with E-state index in [1.54, 1.807) is 0 Å². The molecule has 17 heavy (non-hydrogen) atoms. The molecule has 1 unspecified atom stereocenters. The van der Waals surface area contributed by atoms with Crippen molar-refractivity contribution in [3.05, 3.63) is 29.3 Å². The van der Waals surface area contributed by atoms with E-state index < -0.39 is 0 Å². The highest BCUT2D eigenvalue weighted by molar-refractivity contribution is 5.41. The lowest BCUT2D eigenvalue weighted by Gasteiger charge is -2.38. The summed E-state index contributed by atoms with van der Waals surface area (Å²) in [5.74, 6) is 1.08. The van der Waals surface area contributed by atoms with Crippen LogP contribution < -0.4 is 4.74 Å². The Morgan fingerprint density at radius 1 is 1.24 bits per heavy atom. The molecule has 2 aliphatic heterocycles. The lowest BCUT2D eigenvalue weighted by molar-refractivity contribution is 0.115. The second-order valence-corrected chi connectivity index (χ2v) is 5.22. The molecule has 3 nitrogen and oxygen atoms in total. The van der Waals surface area contributed by atoms with Crippen molar-refractivity contribution in [2.45, 2.75) is 12.5 Å². The van der Waals surface area contributed by atoms with Crippen LogP contribution in [-0.2, 0) is 6.42 Å². The highest BCUT2D eigenvalue weighted by Gasteiger charge is 2.24. The third-order valence-corrected chi connectivity index (χ3v) is 3.95. The SMILES string of the molecule is CN1CCN(C)C(c2ccc3c(c2)CCO3)C1. The standard InChI is InChI=1S/C14H20N2O/c1-15-6-7-16(2)13(10-15)11-3-4-14-12(9-11)5-8-17-14/h3-4,9,13H,5-8,10H2,1-2H3. The van der Waals surface area contributed by atoms with E-state index in [2.05, 4.69) is 42.1 Å². The number of rotatable bonds is 1. The fourth-order valence-corrected chi connectivity index (χ4v) is 2.78. The second-order valence-electron chi connectivity index (χ2n) is 5.22. The van der Waals surface area contributed by atoms with Crippen molar-refractivity contribution in [3.63, 3.8) is 0 Å². The first-order chi connectivity index (χ1) is 8.24. The summed E-state index contributed by atoms with van der Waals surface area (Å²) >= 11 is 0. The maximum absolute atomic E-state index is 5.56. The van der Waals surface area contributed by atoms with Crippen LogP contribution in [0.3, 0.4) is 0 Å². The molecule has 1 fully saturated rings. The fraction of sp³-hybridized carbons (Fsp3) is 0.571. The molecule has 2 aliphatic rings. The molecular formula is C14H20N2O. The average molecular weight is 232 g/mol. The molecule has 0 radical (unpaired) electrons. The lowest BCUT2D eigenvalue weighted by atomic mass is 10.00. The van der Waals surface area contributed by atoms with E-state index in [0.29, 0.717) is 6.04 Å². The fourth-order valence-electron chi connectivity index (χ4n) is 2.78. The van der Waals surface area contributed by atoms with Crippen LogP contribution >= 0.6 is 0 Å². The summed E-state index contributed by atoms with van der Waals surface area (Å²) in [6.45, 7) is 4.28. The molecule has 2 heterocycles. The van der Waals surface area contributed by atoms with E-state index in [9.17, 15) is 0 Å². The first-order valence-electron chi connectivity index (χ1n) is 6.38. The number of ether oxygens (including phenoxy) is 1. The summed E-state index contributed by atoms with van der Waals surface area (Å²) < 4.78 is 5.56. The van der Waals surface area contributed by atoms with Crippen LogP contribution in [0.2, 0.25) is 0 Å². The summed E-state index contributed by atoms with van der Waals surface area (Å²) in [6, 6.07) is 7.23. The number of benzene rings is 1. The maximum Gasteiger partial charge on any atom is 0.122 e. The van der Waals surface area contributed by atoms with E-state index in [1.165, 1.54) is 17.7 Å². The monoisotopic (exact) mass is 232 g/mol. The molecule has 0 spiro atoms. The predicted octanol–water partition coefficient (Wildman–Crippen LogP) is 1.54. The van der Waals surface area contributed by atoms with Crippen molar-refractivity contribution in [1.29, 1.82) is 0 Å². The van der Waals surface area contributed by atoms with Gasteiger partial charge in [0, 0.05) is 32.1 Å². The summed E-state index contributed by atoms with van der Waals surface area (Å²) in [5.41, 5.74) is 2.81. The van der Waals surface area contributed by atoms with Gasteiger partial charge in [0.25, 0.3) is 0 Å². The molecule has 1 aromatic rings. The summed E-state index contributed by atoms with van der Waals surface area (Å²) in [7, 11) is 4.43. The van der Waals surface area contributed by atoms with Crippen molar-refractivity contribution in [2.24, 2.45) is 0 Å².